The first-order valence-corrected chi connectivity index (χ1v) is 6.22. The maximum absolute atomic E-state index is 12.2. The van der Waals surface area contributed by atoms with E-state index in [1.807, 2.05) is 32.3 Å². The van der Waals surface area contributed by atoms with E-state index >= 15 is 0 Å². The lowest BCUT2D eigenvalue weighted by Crippen LogP contribution is -2.16. The third-order valence-electron chi connectivity index (χ3n) is 3.16. The summed E-state index contributed by atoms with van der Waals surface area (Å²) in [5.41, 5.74) is 2.21. The molecule has 0 aliphatic heterocycles. The smallest absolute Gasteiger partial charge is 0.272 e. The molecular formula is C15H18N2O3. The summed E-state index contributed by atoms with van der Waals surface area (Å²) in [6.45, 7) is 1.91. The van der Waals surface area contributed by atoms with Crippen molar-refractivity contribution >= 4 is 11.6 Å². The maximum Gasteiger partial charge on any atom is 0.272 e. The molecule has 106 valence electrons. The third-order valence-corrected chi connectivity index (χ3v) is 3.16. The molecule has 0 bridgehead atoms. The third kappa shape index (κ3) is 2.61. The predicted octanol–water partition coefficient (Wildman–Crippen LogP) is 2.60. The van der Waals surface area contributed by atoms with Gasteiger partial charge in [-0.05, 0) is 30.7 Å². The second-order valence-corrected chi connectivity index (χ2v) is 4.48. The highest BCUT2D eigenvalue weighted by Gasteiger charge is 2.13. The number of rotatable bonds is 4. The molecule has 0 saturated carbocycles. The van der Waals surface area contributed by atoms with Gasteiger partial charge in [-0.3, -0.25) is 4.79 Å². The highest BCUT2D eigenvalue weighted by molar-refractivity contribution is 6.03. The molecule has 2 aromatic rings. The van der Waals surface area contributed by atoms with Crippen molar-refractivity contribution in [3.05, 3.63) is 41.7 Å². The molecule has 2 rings (SSSR count). The van der Waals surface area contributed by atoms with E-state index in [0.29, 0.717) is 22.9 Å². The van der Waals surface area contributed by atoms with Crippen LogP contribution in [-0.4, -0.2) is 24.7 Å². The molecule has 0 radical (unpaired) electrons. The van der Waals surface area contributed by atoms with Gasteiger partial charge in [0.05, 0.1) is 14.2 Å². The standard InChI is InChI=1S/C15H18N2O3/c1-10-8-13(19-3)14(20-4)9-11(10)16-15(18)12-6-5-7-17(12)2/h5-9H,1-4H3,(H,16,18). The maximum atomic E-state index is 12.2. The molecule has 1 N–H and O–H groups in total. The van der Waals surface area contributed by atoms with Crippen LogP contribution in [0.3, 0.4) is 0 Å². The molecule has 0 aliphatic carbocycles. The van der Waals surface area contributed by atoms with E-state index in [-0.39, 0.29) is 5.91 Å². The Morgan fingerprint density at radius 1 is 1.20 bits per heavy atom. The first-order valence-electron chi connectivity index (χ1n) is 6.22. The van der Waals surface area contributed by atoms with Crippen molar-refractivity contribution in [2.24, 2.45) is 7.05 Å². The highest BCUT2D eigenvalue weighted by Crippen LogP contribution is 2.33. The average Bonchev–Trinajstić information content (AvgIpc) is 2.86. The predicted molar refractivity (Wildman–Crippen MR) is 77.6 cm³/mol. The molecule has 0 spiro atoms. The van der Waals surface area contributed by atoms with Gasteiger partial charge in [0, 0.05) is 25.0 Å². The van der Waals surface area contributed by atoms with Gasteiger partial charge in [-0.15, -0.1) is 0 Å². The minimum absolute atomic E-state index is 0.159. The Balaban J connectivity index is 2.30. The molecule has 0 atom stereocenters. The zero-order valence-corrected chi connectivity index (χ0v) is 12.1. The minimum Gasteiger partial charge on any atom is -0.493 e. The van der Waals surface area contributed by atoms with E-state index in [2.05, 4.69) is 5.32 Å². The van der Waals surface area contributed by atoms with Crippen LogP contribution >= 0.6 is 0 Å². The van der Waals surface area contributed by atoms with Crippen LogP contribution in [-0.2, 0) is 7.05 Å². The van der Waals surface area contributed by atoms with Crippen LogP contribution in [0.25, 0.3) is 0 Å². The second kappa shape index (κ2) is 5.69. The molecule has 5 heteroatoms. The first-order chi connectivity index (χ1) is 9.56. The topological polar surface area (TPSA) is 52.5 Å². The van der Waals surface area contributed by atoms with Gasteiger partial charge < -0.3 is 19.4 Å². The van der Waals surface area contributed by atoms with Gasteiger partial charge in [-0.25, -0.2) is 0 Å². The lowest BCUT2D eigenvalue weighted by Gasteiger charge is -2.13. The number of nitrogens with one attached hydrogen (secondary N) is 1. The zero-order chi connectivity index (χ0) is 14.7. The minimum atomic E-state index is -0.159. The molecule has 0 unspecified atom stereocenters. The van der Waals surface area contributed by atoms with E-state index < -0.39 is 0 Å². The van der Waals surface area contributed by atoms with Crippen molar-refractivity contribution in [2.45, 2.75) is 6.92 Å². The molecule has 0 fully saturated rings. The van der Waals surface area contributed by atoms with Crippen molar-refractivity contribution < 1.29 is 14.3 Å². The van der Waals surface area contributed by atoms with Crippen molar-refractivity contribution in [2.75, 3.05) is 19.5 Å². The van der Waals surface area contributed by atoms with Crippen LogP contribution in [0.5, 0.6) is 11.5 Å². The van der Waals surface area contributed by atoms with Crippen LogP contribution in [0.2, 0.25) is 0 Å². The number of carbonyl (C=O) groups excluding carboxylic acids is 1. The number of anilines is 1. The number of hydrogen-bond acceptors (Lipinski definition) is 3. The van der Waals surface area contributed by atoms with Crippen molar-refractivity contribution in [1.29, 1.82) is 0 Å². The fourth-order valence-electron chi connectivity index (χ4n) is 2.00. The number of carbonyl (C=O) groups is 1. The Morgan fingerprint density at radius 2 is 1.85 bits per heavy atom. The summed E-state index contributed by atoms with van der Waals surface area (Å²) in [6, 6.07) is 7.19. The number of amides is 1. The Kier molecular flexibility index (Phi) is 3.98. The van der Waals surface area contributed by atoms with Gasteiger partial charge in [-0.1, -0.05) is 0 Å². The van der Waals surface area contributed by atoms with Crippen molar-refractivity contribution in [1.82, 2.24) is 4.57 Å². The van der Waals surface area contributed by atoms with Gasteiger partial charge in [0.25, 0.3) is 5.91 Å². The van der Waals surface area contributed by atoms with Crippen LogP contribution in [0, 0.1) is 6.92 Å². The second-order valence-electron chi connectivity index (χ2n) is 4.48. The molecule has 20 heavy (non-hydrogen) atoms. The number of nitrogens with zero attached hydrogens (tertiary/aromatic N) is 1. The largest absolute Gasteiger partial charge is 0.493 e. The molecule has 1 aromatic heterocycles. The van der Waals surface area contributed by atoms with E-state index in [4.69, 9.17) is 9.47 Å². The van der Waals surface area contributed by atoms with Gasteiger partial charge in [0.15, 0.2) is 11.5 Å². The van der Waals surface area contributed by atoms with Gasteiger partial charge in [0.1, 0.15) is 5.69 Å². The lowest BCUT2D eigenvalue weighted by molar-refractivity contribution is 0.101. The van der Waals surface area contributed by atoms with Gasteiger partial charge >= 0.3 is 0 Å². The van der Waals surface area contributed by atoms with Crippen LogP contribution < -0.4 is 14.8 Å². The summed E-state index contributed by atoms with van der Waals surface area (Å²) in [6.07, 6.45) is 1.83. The fraction of sp³-hybridized carbons (Fsp3) is 0.267. The normalized spacial score (nSPS) is 10.2. The SMILES string of the molecule is COc1cc(C)c(NC(=O)c2cccn2C)cc1OC. The molecule has 1 aromatic carbocycles. The monoisotopic (exact) mass is 274 g/mol. The number of aromatic nitrogens is 1. The molecule has 1 heterocycles. The average molecular weight is 274 g/mol. The lowest BCUT2D eigenvalue weighted by atomic mass is 10.1. The number of methoxy groups -OCH3 is 2. The Bertz CT molecular complexity index is 632. The highest BCUT2D eigenvalue weighted by atomic mass is 16.5. The summed E-state index contributed by atoms with van der Waals surface area (Å²) in [5.74, 6) is 1.06. The fourth-order valence-corrected chi connectivity index (χ4v) is 2.00. The number of ether oxygens (including phenoxy) is 2. The van der Waals surface area contributed by atoms with E-state index in [9.17, 15) is 4.79 Å². The number of aryl methyl sites for hydroxylation is 2. The Labute approximate surface area is 118 Å². The zero-order valence-electron chi connectivity index (χ0n) is 12.1. The van der Waals surface area contributed by atoms with Crippen LogP contribution in [0.1, 0.15) is 16.1 Å². The van der Waals surface area contributed by atoms with E-state index in [1.54, 1.807) is 30.9 Å². The summed E-state index contributed by atoms with van der Waals surface area (Å²) >= 11 is 0. The molecule has 0 aliphatic rings. The van der Waals surface area contributed by atoms with E-state index in [1.165, 1.54) is 0 Å². The van der Waals surface area contributed by atoms with Gasteiger partial charge in [0.2, 0.25) is 0 Å². The quantitative estimate of drug-likeness (QED) is 0.932. The molecule has 1 amide bonds. The van der Waals surface area contributed by atoms with Crippen LogP contribution in [0.15, 0.2) is 30.5 Å². The Hall–Kier alpha value is -2.43. The molecule has 5 nitrogen and oxygen atoms in total. The Morgan fingerprint density at radius 3 is 2.40 bits per heavy atom. The van der Waals surface area contributed by atoms with Crippen LogP contribution in [0.4, 0.5) is 5.69 Å². The summed E-state index contributed by atoms with van der Waals surface area (Å²) in [4.78, 5) is 12.2. The molecular weight excluding hydrogens is 256 g/mol. The first kappa shape index (κ1) is 14.0. The van der Waals surface area contributed by atoms with Crippen molar-refractivity contribution in [3.63, 3.8) is 0 Å². The summed E-state index contributed by atoms with van der Waals surface area (Å²) in [7, 11) is 4.98. The summed E-state index contributed by atoms with van der Waals surface area (Å²) in [5, 5.41) is 2.88. The molecule has 0 saturated heterocycles. The number of hydrogen-bond donors (Lipinski definition) is 1. The summed E-state index contributed by atoms with van der Waals surface area (Å²) < 4.78 is 12.2. The van der Waals surface area contributed by atoms with Gasteiger partial charge in [-0.2, -0.15) is 0 Å². The van der Waals surface area contributed by atoms with E-state index in [0.717, 1.165) is 5.56 Å². The number of benzene rings is 1. The van der Waals surface area contributed by atoms with Crippen molar-refractivity contribution in [3.8, 4) is 11.5 Å².